The van der Waals surface area contributed by atoms with Crippen LogP contribution in [0.15, 0.2) is 12.3 Å². The number of anilines is 1. The van der Waals surface area contributed by atoms with Crippen molar-refractivity contribution in [3.63, 3.8) is 0 Å². The predicted octanol–water partition coefficient (Wildman–Crippen LogP) is 1.67. The summed E-state index contributed by atoms with van der Waals surface area (Å²) in [4.78, 5) is 15.8. The molecular weight excluding hydrogens is 202 g/mol. The van der Waals surface area contributed by atoms with E-state index in [1.54, 1.807) is 12.3 Å². The molecule has 1 rings (SSSR count). The molecule has 0 radical (unpaired) electrons. The third-order valence-electron chi connectivity index (χ3n) is 2.53. The summed E-state index contributed by atoms with van der Waals surface area (Å²) in [6.45, 7) is 3.81. The van der Waals surface area contributed by atoms with Gasteiger partial charge in [0.05, 0.1) is 5.56 Å². The number of pyridine rings is 1. The molecule has 16 heavy (non-hydrogen) atoms. The Balaban J connectivity index is 2.66. The number of nitrogens with zero attached hydrogens (tertiary/aromatic N) is 1. The second kappa shape index (κ2) is 5.61. The van der Waals surface area contributed by atoms with Crippen LogP contribution in [-0.2, 0) is 0 Å². The van der Waals surface area contributed by atoms with E-state index in [1.807, 2.05) is 13.8 Å². The molecule has 0 saturated carbocycles. The number of aryl methyl sites for hydroxylation is 1. The number of nitrogen functional groups attached to an aromatic ring is 1. The van der Waals surface area contributed by atoms with Crippen molar-refractivity contribution in [2.75, 3.05) is 5.73 Å². The lowest BCUT2D eigenvalue weighted by atomic mass is 10.0. The van der Waals surface area contributed by atoms with Crippen LogP contribution in [0.2, 0.25) is 0 Å². The number of hydrogen-bond acceptors (Lipinski definition) is 4. The highest BCUT2D eigenvalue weighted by atomic mass is 16.1. The molecular formula is C12H19N3O. The van der Waals surface area contributed by atoms with Crippen LogP contribution < -0.4 is 11.5 Å². The molecule has 0 saturated heterocycles. The molecule has 0 aliphatic carbocycles. The molecule has 0 aliphatic heterocycles. The van der Waals surface area contributed by atoms with Gasteiger partial charge in [-0.15, -0.1) is 0 Å². The fraction of sp³-hybridized carbons (Fsp3) is 0.500. The van der Waals surface area contributed by atoms with Gasteiger partial charge in [-0.25, -0.2) is 4.98 Å². The molecule has 0 amide bonds. The van der Waals surface area contributed by atoms with Gasteiger partial charge in [0.15, 0.2) is 5.78 Å². The Hall–Kier alpha value is -1.42. The molecule has 1 unspecified atom stereocenters. The highest BCUT2D eigenvalue weighted by Crippen LogP contribution is 2.17. The number of nitrogens with two attached hydrogens (primary N) is 2. The first kappa shape index (κ1) is 12.6. The first-order chi connectivity index (χ1) is 7.52. The molecule has 0 bridgehead atoms. The van der Waals surface area contributed by atoms with E-state index < -0.39 is 0 Å². The van der Waals surface area contributed by atoms with E-state index in [1.165, 1.54) is 0 Å². The fourth-order valence-corrected chi connectivity index (χ4v) is 1.65. The topological polar surface area (TPSA) is 82.0 Å². The molecule has 0 aliphatic rings. The van der Waals surface area contributed by atoms with E-state index in [-0.39, 0.29) is 11.8 Å². The Morgan fingerprint density at radius 2 is 2.25 bits per heavy atom. The van der Waals surface area contributed by atoms with Gasteiger partial charge in [-0.3, -0.25) is 4.79 Å². The molecule has 88 valence electrons. The molecule has 0 fully saturated rings. The van der Waals surface area contributed by atoms with E-state index >= 15 is 0 Å². The second-order valence-electron chi connectivity index (χ2n) is 4.18. The van der Waals surface area contributed by atoms with Gasteiger partial charge >= 0.3 is 0 Å². The smallest absolute Gasteiger partial charge is 0.166 e. The first-order valence-electron chi connectivity index (χ1n) is 5.52. The summed E-state index contributed by atoms with van der Waals surface area (Å²) in [6.07, 6.45) is 3.75. The maximum absolute atomic E-state index is 11.9. The average Bonchev–Trinajstić information content (AvgIpc) is 2.16. The summed E-state index contributed by atoms with van der Waals surface area (Å²) < 4.78 is 0. The van der Waals surface area contributed by atoms with Crippen LogP contribution in [0.1, 0.15) is 42.1 Å². The van der Waals surface area contributed by atoms with Gasteiger partial charge in [-0.1, -0.05) is 0 Å². The lowest BCUT2D eigenvalue weighted by Crippen LogP contribution is -2.15. The van der Waals surface area contributed by atoms with Crippen molar-refractivity contribution in [2.45, 2.75) is 39.2 Å². The number of ketones is 1. The summed E-state index contributed by atoms with van der Waals surface area (Å²) in [7, 11) is 0. The van der Waals surface area contributed by atoms with Crippen LogP contribution >= 0.6 is 0 Å². The van der Waals surface area contributed by atoms with E-state index in [0.717, 1.165) is 18.4 Å². The summed E-state index contributed by atoms with van der Waals surface area (Å²) >= 11 is 0. The maximum Gasteiger partial charge on any atom is 0.166 e. The molecule has 1 aromatic rings. The zero-order chi connectivity index (χ0) is 12.1. The summed E-state index contributed by atoms with van der Waals surface area (Å²) in [5.74, 6) is 0.384. The van der Waals surface area contributed by atoms with Crippen molar-refractivity contribution in [1.29, 1.82) is 0 Å². The summed E-state index contributed by atoms with van der Waals surface area (Å²) in [5.41, 5.74) is 12.8. The minimum atomic E-state index is 0.0590. The Kier molecular flexibility index (Phi) is 4.43. The van der Waals surface area contributed by atoms with Gasteiger partial charge < -0.3 is 11.5 Å². The Bertz CT molecular complexity index is 354. The standard InChI is InChI=1S/C12H19N3O/c1-8-6-7-15-12(14)11(8)10(16)5-3-4-9(2)13/h6-7,9H,3-5,13H2,1-2H3,(H2,14,15). The van der Waals surface area contributed by atoms with E-state index in [9.17, 15) is 4.79 Å². The normalized spacial score (nSPS) is 12.4. The maximum atomic E-state index is 11.9. The van der Waals surface area contributed by atoms with Crippen LogP contribution in [0.25, 0.3) is 0 Å². The number of carbonyl (C=O) groups excluding carboxylic acids is 1. The highest BCUT2D eigenvalue weighted by molar-refractivity contribution is 6.01. The van der Waals surface area contributed by atoms with Gasteiger partial charge in [0.2, 0.25) is 0 Å². The lowest BCUT2D eigenvalue weighted by molar-refractivity contribution is 0.0979. The van der Waals surface area contributed by atoms with E-state index in [4.69, 9.17) is 11.5 Å². The molecule has 0 spiro atoms. The van der Waals surface area contributed by atoms with Crippen LogP contribution in [0, 0.1) is 6.92 Å². The first-order valence-corrected chi connectivity index (χ1v) is 5.52. The monoisotopic (exact) mass is 221 g/mol. The van der Waals surface area contributed by atoms with Crippen LogP contribution in [0.5, 0.6) is 0 Å². The van der Waals surface area contributed by atoms with E-state index in [0.29, 0.717) is 17.8 Å². The molecule has 4 nitrogen and oxygen atoms in total. The zero-order valence-electron chi connectivity index (χ0n) is 9.86. The van der Waals surface area contributed by atoms with Crippen molar-refractivity contribution in [3.05, 3.63) is 23.4 Å². The van der Waals surface area contributed by atoms with Gasteiger partial charge in [0, 0.05) is 18.7 Å². The molecule has 4 N–H and O–H groups in total. The Labute approximate surface area is 96.0 Å². The molecule has 1 aromatic heterocycles. The second-order valence-corrected chi connectivity index (χ2v) is 4.18. The van der Waals surface area contributed by atoms with Gasteiger partial charge in [-0.05, 0) is 38.3 Å². The predicted molar refractivity (Wildman–Crippen MR) is 65.2 cm³/mol. The van der Waals surface area contributed by atoms with Crippen LogP contribution in [-0.4, -0.2) is 16.8 Å². The largest absolute Gasteiger partial charge is 0.383 e. The third kappa shape index (κ3) is 3.31. The van der Waals surface area contributed by atoms with Crippen LogP contribution in [0.4, 0.5) is 5.82 Å². The zero-order valence-corrected chi connectivity index (χ0v) is 9.86. The molecule has 1 heterocycles. The number of hydrogen-bond donors (Lipinski definition) is 2. The Morgan fingerprint density at radius 3 is 2.81 bits per heavy atom. The van der Waals surface area contributed by atoms with E-state index in [2.05, 4.69) is 4.98 Å². The Morgan fingerprint density at radius 1 is 1.56 bits per heavy atom. The molecule has 0 aromatic carbocycles. The SMILES string of the molecule is Cc1ccnc(N)c1C(=O)CCCC(C)N. The molecule has 1 atom stereocenters. The van der Waals surface area contributed by atoms with Crippen LogP contribution in [0.3, 0.4) is 0 Å². The van der Waals surface area contributed by atoms with Crippen molar-refractivity contribution in [2.24, 2.45) is 5.73 Å². The summed E-state index contributed by atoms with van der Waals surface area (Å²) in [6, 6.07) is 1.94. The van der Waals surface area contributed by atoms with Crippen molar-refractivity contribution in [3.8, 4) is 0 Å². The number of rotatable bonds is 5. The average molecular weight is 221 g/mol. The summed E-state index contributed by atoms with van der Waals surface area (Å²) in [5, 5.41) is 0. The van der Waals surface area contributed by atoms with Crippen molar-refractivity contribution >= 4 is 11.6 Å². The van der Waals surface area contributed by atoms with Crippen molar-refractivity contribution in [1.82, 2.24) is 4.98 Å². The van der Waals surface area contributed by atoms with Gasteiger partial charge in [-0.2, -0.15) is 0 Å². The number of aromatic nitrogens is 1. The van der Waals surface area contributed by atoms with Crippen molar-refractivity contribution < 1.29 is 4.79 Å². The highest BCUT2D eigenvalue weighted by Gasteiger charge is 2.13. The molecule has 4 heteroatoms. The lowest BCUT2D eigenvalue weighted by Gasteiger charge is -2.08. The van der Waals surface area contributed by atoms with Gasteiger partial charge in [0.25, 0.3) is 0 Å². The minimum absolute atomic E-state index is 0.0590. The quantitative estimate of drug-likeness (QED) is 0.741. The van der Waals surface area contributed by atoms with Gasteiger partial charge in [0.1, 0.15) is 5.82 Å². The number of Topliss-reactive ketones (excluding diaryl/α,β-unsaturated/α-hetero) is 1. The fourth-order valence-electron chi connectivity index (χ4n) is 1.65. The third-order valence-corrected chi connectivity index (χ3v) is 2.53. The number of carbonyl (C=O) groups is 1. The minimum Gasteiger partial charge on any atom is -0.383 e.